The van der Waals surface area contributed by atoms with E-state index in [4.69, 9.17) is 4.98 Å². The van der Waals surface area contributed by atoms with Crippen molar-refractivity contribution in [3.8, 4) is 28.1 Å². The molecule has 0 amide bonds. The topological polar surface area (TPSA) is 36.4 Å². The SMILES string of the molecule is CC1=C(N(c2ccccc2)c2ccc3ccc4c(-c5cc(C(C)(C)C)cc(C(C)(C)C)c5)cc(-c5ccccc5O)nc4c3c2)C=CC=CCC1. The largest absolute Gasteiger partial charge is 0.507 e. The van der Waals surface area contributed by atoms with Gasteiger partial charge in [0.15, 0.2) is 0 Å². The summed E-state index contributed by atoms with van der Waals surface area (Å²) in [6.07, 6.45) is 10.8. The van der Waals surface area contributed by atoms with Crippen molar-refractivity contribution in [3.63, 3.8) is 0 Å². The molecule has 0 atom stereocenters. The molecule has 1 aliphatic carbocycles. The number of aromatic hydroxyl groups is 1. The number of para-hydroxylation sites is 2. The number of pyridine rings is 1. The molecule has 0 saturated heterocycles. The van der Waals surface area contributed by atoms with Gasteiger partial charge in [-0.3, -0.25) is 0 Å². The van der Waals surface area contributed by atoms with Gasteiger partial charge in [-0.25, -0.2) is 4.98 Å². The first-order valence-corrected chi connectivity index (χ1v) is 18.1. The van der Waals surface area contributed by atoms with Crippen LogP contribution in [0.2, 0.25) is 0 Å². The molecule has 3 heteroatoms. The lowest BCUT2D eigenvalue weighted by Crippen LogP contribution is -2.17. The Bertz CT molecular complexity index is 2310. The maximum atomic E-state index is 11.1. The van der Waals surface area contributed by atoms with Crippen LogP contribution in [0.15, 0.2) is 145 Å². The second kappa shape index (κ2) is 13.4. The first-order chi connectivity index (χ1) is 24.4. The zero-order valence-electron chi connectivity index (χ0n) is 31.0. The summed E-state index contributed by atoms with van der Waals surface area (Å²) < 4.78 is 0. The predicted molar refractivity (Wildman–Crippen MR) is 218 cm³/mol. The molecule has 1 aliphatic rings. The van der Waals surface area contributed by atoms with E-state index in [1.54, 1.807) is 6.07 Å². The van der Waals surface area contributed by atoms with Crippen molar-refractivity contribution >= 4 is 33.1 Å². The van der Waals surface area contributed by atoms with Crippen LogP contribution in [0.1, 0.15) is 72.4 Å². The number of phenolic OH excluding ortho intramolecular Hbond substituents is 1. The molecule has 1 heterocycles. The summed E-state index contributed by atoms with van der Waals surface area (Å²) in [4.78, 5) is 7.75. The van der Waals surface area contributed by atoms with Crippen LogP contribution in [-0.2, 0) is 10.8 Å². The van der Waals surface area contributed by atoms with Gasteiger partial charge in [0.2, 0.25) is 0 Å². The van der Waals surface area contributed by atoms with E-state index in [0.29, 0.717) is 0 Å². The third kappa shape index (κ3) is 6.86. The van der Waals surface area contributed by atoms with Crippen LogP contribution in [0.5, 0.6) is 5.75 Å². The average Bonchev–Trinajstić information content (AvgIpc) is 3.10. The molecule has 3 nitrogen and oxygen atoms in total. The van der Waals surface area contributed by atoms with Gasteiger partial charge in [-0.05, 0) is 112 Å². The van der Waals surface area contributed by atoms with Gasteiger partial charge in [0.05, 0.1) is 11.2 Å². The molecule has 51 heavy (non-hydrogen) atoms. The number of nitrogens with zero attached hydrogens (tertiary/aromatic N) is 2. The second-order valence-corrected chi connectivity index (χ2v) is 15.9. The van der Waals surface area contributed by atoms with E-state index < -0.39 is 0 Å². The number of allylic oxidation sites excluding steroid dienone is 5. The number of anilines is 2. The minimum Gasteiger partial charge on any atom is -0.507 e. The van der Waals surface area contributed by atoms with Crippen LogP contribution in [0.25, 0.3) is 44.1 Å². The summed E-state index contributed by atoms with van der Waals surface area (Å²) in [6.45, 7) is 15.9. The molecule has 7 rings (SSSR count). The summed E-state index contributed by atoms with van der Waals surface area (Å²) in [6, 6.07) is 38.6. The van der Waals surface area contributed by atoms with Crippen molar-refractivity contribution in [2.45, 2.75) is 72.1 Å². The zero-order chi connectivity index (χ0) is 35.9. The minimum absolute atomic E-state index is 0.0318. The highest BCUT2D eigenvalue weighted by molar-refractivity contribution is 6.12. The van der Waals surface area contributed by atoms with Crippen LogP contribution >= 0.6 is 0 Å². The molecule has 5 aromatic carbocycles. The fourth-order valence-electron chi connectivity index (χ4n) is 7.01. The fraction of sp³-hybridized carbons (Fsp3) is 0.229. The summed E-state index contributed by atoms with van der Waals surface area (Å²) in [5.41, 5.74) is 11.9. The summed E-state index contributed by atoms with van der Waals surface area (Å²) >= 11 is 0. The number of aromatic nitrogens is 1. The van der Waals surface area contributed by atoms with E-state index in [-0.39, 0.29) is 16.6 Å². The highest BCUT2D eigenvalue weighted by atomic mass is 16.3. The van der Waals surface area contributed by atoms with Crippen LogP contribution in [-0.4, -0.2) is 10.1 Å². The van der Waals surface area contributed by atoms with Crippen LogP contribution < -0.4 is 4.90 Å². The Kier molecular flexibility index (Phi) is 8.93. The van der Waals surface area contributed by atoms with Gasteiger partial charge in [0.1, 0.15) is 5.75 Å². The Balaban J connectivity index is 1.55. The first kappa shape index (κ1) is 34.1. The van der Waals surface area contributed by atoms with Gasteiger partial charge in [0, 0.05) is 33.4 Å². The van der Waals surface area contributed by atoms with Crippen LogP contribution in [0.3, 0.4) is 0 Å². The Labute approximate surface area is 303 Å². The number of fused-ring (bicyclic) bond motifs is 3. The zero-order valence-corrected chi connectivity index (χ0v) is 31.0. The van der Waals surface area contributed by atoms with Gasteiger partial charge in [-0.2, -0.15) is 0 Å². The lowest BCUT2D eigenvalue weighted by Gasteiger charge is -2.29. The number of hydrogen-bond acceptors (Lipinski definition) is 3. The number of benzene rings is 5. The Morgan fingerprint density at radius 1 is 0.647 bits per heavy atom. The van der Waals surface area contributed by atoms with Crippen molar-refractivity contribution in [2.75, 3.05) is 4.90 Å². The molecule has 0 radical (unpaired) electrons. The van der Waals surface area contributed by atoms with E-state index in [0.717, 1.165) is 68.3 Å². The van der Waals surface area contributed by atoms with Crippen molar-refractivity contribution in [2.24, 2.45) is 0 Å². The predicted octanol–water partition coefficient (Wildman–Crippen LogP) is 13.3. The molecule has 0 aliphatic heterocycles. The summed E-state index contributed by atoms with van der Waals surface area (Å²) in [7, 11) is 0. The molecule has 1 N–H and O–H groups in total. The van der Waals surface area contributed by atoms with Crippen LogP contribution in [0.4, 0.5) is 11.4 Å². The quantitative estimate of drug-likeness (QED) is 0.186. The normalized spacial score (nSPS) is 13.9. The Morgan fingerprint density at radius 2 is 1.33 bits per heavy atom. The van der Waals surface area contributed by atoms with Gasteiger partial charge in [-0.1, -0.05) is 127 Å². The summed E-state index contributed by atoms with van der Waals surface area (Å²) in [5.74, 6) is 0.220. The first-order valence-electron chi connectivity index (χ1n) is 18.1. The molecule has 6 aromatic rings. The lowest BCUT2D eigenvalue weighted by molar-refractivity contribution is 0.477. The molecule has 0 fully saturated rings. The van der Waals surface area contributed by atoms with E-state index in [1.165, 1.54) is 22.4 Å². The van der Waals surface area contributed by atoms with E-state index >= 15 is 0 Å². The number of phenols is 1. The lowest BCUT2D eigenvalue weighted by atomic mass is 9.78. The Morgan fingerprint density at radius 3 is 2.04 bits per heavy atom. The van der Waals surface area contributed by atoms with Crippen molar-refractivity contribution < 1.29 is 5.11 Å². The highest BCUT2D eigenvalue weighted by Gasteiger charge is 2.23. The van der Waals surface area contributed by atoms with Gasteiger partial charge < -0.3 is 10.0 Å². The highest BCUT2D eigenvalue weighted by Crippen LogP contribution is 2.42. The van der Waals surface area contributed by atoms with Crippen molar-refractivity contribution in [3.05, 3.63) is 156 Å². The van der Waals surface area contributed by atoms with Crippen molar-refractivity contribution in [1.82, 2.24) is 4.98 Å². The van der Waals surface area contributed by atoms with Gasteiger partial charge >= 0.3 is 0 Å². The third-order valence-corrected chi connectivity index (χ3v) is 10.1. The molecule has 0 saturated carbocycles. The number of hydrogen-bond donors (Lipinski definition) is 1. The Hall–Kier alpha value is -5.41. The average molecular weight is 669 g/mol. The third-order valence-electron chi connectivity index (χ3n) is 10.1. The molecule has 256 valence electrons. The molecular weight excluding hydrogens is 621 g/mol. The van der Waals surface area contributed by atoms with E-state index in [9.17, 15) is 5.11 Å². The van der Waals surface area contributed by atoms with E-state index in [1.807, 2.05) is 18.2 Å². The molecule has 0 unspecified atom stereocenters. The second-order valence-electron chi connectivity index (χ2n) is 15.9. The van der Waals surface area contributed by atoms with Crippen LogP contribution in [0, 0.1) is 0 Å². The maximum absolute atomic E-state index is 11.1. The molecule has 0 bridgehead atoms. The standard InChI is InChI=1S/C48H48N2O/c1-32-17-11-8-9-14-21-44(32)50(37-18-12-10-13-19-37)38-25-23-33-24-26-39-41(34-27-35(47(2,3)4)29-36(28-34)48(5,6)7)31-43(49-46(39)42(33)30-38)40-20-15-16-22-45(40)51/h8-10,12-16,18-31,51H,11,17H2,1-7H3. The van der Waals surface area contributed by atoms with Gasteiger partial charge in [0.25, 0.3) is 0 Å². The molecule has 0 spiro atoms. The smallest absolute Gasteiger partial charge is 0.124 e. The minimum atomic E-state index is -0.0318. The number of rotatable bonds is 5. The monoisotopic (exact) mass is 668 g/mol. The fourth-order valence-corrected chi connectivity index (χ4v) is 7.01. The molecular formula is C48H48N2O. The molecule has 1 aromatic heterocycles. The maximum Gasteiger partial charge on any atom is 0.124 e. The van der Waals surface area contributed by atoms with Gasteiger partial charge in [-0.15, -0.1) is 0 Å². The van der Waals surface area contributed by atoms with Crippen molar-refractivity contribution in [1.29, 1.82) is 0 Å². The summed E-state index contributed by atoms with van der Waals surface area (Å²) in [5, 5.41) is 14.4. The van der Waals surface area contributed by atoms with E-state index in [2.05, 4.69) is 163 Å².